The summed E-state index contributed by atoms with van der Waals surface area (Å²) >= 11 is 0. The SMILES string of the molecule is CC(=O)NCCNCCC1CCC1. The molecule has 1 fully saturated rings. The van der Waals surface area contributed by atoms with E-state index in [9.17, 15) is 4.79 Å². The van der Waals surface area contributed by atoms with Crippen LogP contribution in [0, 0.1) is 5.92 Å². The van der Waals surface area contributed by atoms with E-state index in [0.717, 1.165) is 25.6 Å². The standard InChI is InChI=1S/C10H20N2O/c1-9(13)12-8-7-11-6-5-10-3-2-4-10/h10-11H,2-8H2,1H3,(H,12,13). The molecule has 0 bridgehead atoms. The number of carbonyl (C=O) groups excluding carboxylic acids is 1. The van der Waals surface area contributed by atoms with Gasteiger partial charge < -0.3 is 10.6 Å². The summed E-state index contributed by atoms with van der Waals surface area (Å²) in [5.74, 6) is 1.04. The molecule has 2 N–H and O–H groups in total. The van der Waals surface area contributed by atoms with Crippen LogP contribution in [0.1, 0.15) is 32.6 Å². The molecule has 0 spiro atoms. The first-order valence-corrected chi connectivity index (χ1v) is 5.24. The first-order valence-electron chi connectivity index (χ1n) is 5.24. The summed E-state index contributed by atoms with van der Waals surface area (Å²) in [6, 6.07) is 0. The molecule has 76 valence electrons. The van der Waals surface area contributed by atoms with Crippen molar-refractivity contribution in [2.75, 3.05) is 19.6 Å². The lowest BCUT2D eigenvalue weighted by atomic mass is 9.83. The van der Waals surface area contributed by atoms with Crippen LogP contribution >= 0.6 is 0 Å². The Morgan fingerprint density at radius 1 is 1.31 bits per heavy atom. The maximum absolute atomic E-state index is 10.5. The van der Waals surface area contributed by atoms with Crippen molar-refractivity contribution in [3.05, 3.63) is 0 Å². The second-order valence-corrected chi connectivity index (χ2v) is 3.82. The van der Waals surface area contributed by atoms with E-state index in [0.29, 0.717) is 0 Å². The molecular weight excluding hydrogens is 164 g/mol. The Bertz CT molecular complexity index is 155. The van der Waals surface area contributed by atoms with Crippen molar-refractivity contribution in [1.29, 1.82) is 0 Å². The first-order chi connectivity index (χ1) is 6.29. The summed E-state index contributed by atoms with van der Waals surface area (Å²) in [6.45, 7) is 4.30. The Morgan fingerprint density at radius 2 is 2.08 bits per heavy atom. The maximum Gasteiger partial charge on any atom is 0.216 e. The zero-order valence-electron chi connectivity index (χ0n) is 8.44. The van der Waals surface area contributed by atoms with Crippen LogP contribution in [0.15, 0.2) is 0 Å². The lowest BCUT2D eigenvalue weighted by molar-refractivity contribution is -0.118. The lowest BCUT2D eigenvalue weighted by Gasteiger charge is -2.25. The highest BCUT2D eigenvalue weighted by Crippen LogP contribution is 2.28. The van der Waals surface area contributed by atoms with Gasteiger partial charge in [0.2, 0.25) is 5.91 Å². The molecular formula is C10H20N2O. The molecule has 1 saturated carbocycles. The van der Waals surface area contributed by atoms with Gasteiger partial charge in [-0.25, -0.2) is 0 Å². The number of amides is 1. The maximum atomic E-state index is 10.5. The summed E-state index contributed by atoms with van der Waals surface area (Å²) in [4.78, 5) is 10.5. The number of rotatable bonds is 6. The van der Waals surface area contributed by atoms with Crippen molar-refractivity contribution in [1.82, 2.24) is 10.6 Å². The van der Waals surface area contributed by atoms with Crippen molar-refractivity contribution in [2.24, 2.45) is 5.92 Å². The molecule has 1 rings (SSSR count). The fraction of sp³-hybridized carbons (Fsp3) is 0.900. The molecule has 13 heavy (non-hydrogen) atoms. The van der Waals surface area contributed by atoms with Gasteiger partial charge in [-0.1, -0.05) is 19.3 Å². The first kappa shape index (κ1) is 10.5. The van der Waals surface area contributed by atoms with Crippen LogP contribution < -0.4 is 10.6 Å². The van der Waals surface area contributed by atoms with E-state index >= 15 is 0 Å². The molecule has 3 nitrogen and oxygen atoms in total. The van der Waals surface area contributed by atoms with Gasteiger partial charge in [-0.15, -0.1) is 0 Å². The molecule has 0 unspecified atom stereocenters. The average Bonchev–Trinajstić information content (AvgIpc) is 1.99. The van der Waals surface area contributed by atoms with Crippen molar-refractivity contribution in [3.63, 3.8) is 0 Å². The molecule has 1 amide bonds. The molecule has 1 aliphatic rings. The molecule has 0 saturated heterocycles. The van der Waals surface area contributed by atoms with E-state index < -0.39 is 0 Å². The zero-order valence-corrected chi connectivity index (χ0v) is 8.44. The third kappa shape index (κ3) is 4.88. The van der Waals surface area contributed by atoms with E-state index in [4.69, 9.17) is 0 Å². The van der Waals surface area contributed by atoms with E-state index in [1.807, 2.05) is 0 Å². The van der Waals surface area contributed by atoms with Crippen molar-refractivity contribution < 1.29 is 4.79 Å². The van der Waals surface area contributed by atoms with E-state index in [1.165, 1.54) is 25.7 Å². The zero-order chi connectivity index (χ0) is 9.52. The van der Waals surface area contributed by atoms with Crippen molar-refractivity contribution in [3.8, 4) is 0 Å². The fourth-order valence-electron chi connectivity index (χ4n) is 1.54. The smallest absolute Gasteiger partial charge is 0.216 e. The quantitative estimate of drug-likeness (QED) is 0.602. The third-order valence-corrected chi connectivity index (χ3v) is 2.63. The van der Waals surface area contributed by atoms with Crippen molar-refractivity contribution in [2.45, 2.75) is 32.6 Å². The van der Waals surface area contributed by atoms with Crippen LogP contribution in [0.4, 0.5) is 0 Å². The molecule has 0 heterocycles. The van der Waals surface area contributed by atoms with Crippen LogP contribution in [0.2, 0.25) is 0 Å². The summed E-state index contributed by atoms with van der Waals surface area (Å²) in [5.41, 5.74) is 0. The molecule has 1 aliphatic carbocycles. The normalized spacial score (nSPS) is 16.7. The highest BCUT2D eigenvalue weighted by atomic mass is 16.1. The van der Waals surface area contributed by atoms with Gasteiger partial charge in [0.05, 0.1) is 0 Å². The van der Waals surface area contributed by atoms with Crippen LogP contribution in [-0.4, -0.2) is 25.5 Å². The minimum atomic E-state index is 0.0563. The van der Waals surface area contributed by atoms with E-state index in [1.54, 1.807) is 6.92 Å². The van der Waals surface area contributed by atoms with E-state index in [2.05, 4.69) is 10.6 Å². The predicted octanol–water partition coefficient (Wildman–Crippen LogP) is 0.902. The van der Waals surface area contributed by atoms with Gasteiger partial charge in [0.1, 0.15) is 0 Å². The van der Waals surface area contributed by atoms with Gasteiger partial charge in [0.15, 0.2) is 0 Å². The minimum absolute atomic E-state index is 0.0563. The van der Waals surface area contributed by atoms with Crippen LogP contribution in [0.25, 0.3) is 0 Å². The number of hydrogen-bond donors (Lipinski definition) is 2. The van der Waals surface area contributed by atoms with Gasteiger partial charge in [-0.3, -0.25) is 4.79 Å². The van der Waals surface area contributed by atoms with Gasteiger partial charge in [0.25, 0.3) is 0 Å². The summed E-state index contributed by atoms with van der Waals surface area (Å²) < 4.78 is 0. The van der Waals surface area contributed by atoms with E-state index in [-0.39, 0.29) is 5.91 Å². The largest absolute Gasteiger partial charge is 0.355 e. The third-order valence-electron chi connectivity index (χ3n) is 2.63. The molecule has 0 aliphatic heterocycles. The Hall–Kier alpha value is -0.570. The van der Waals surface area contributed by atoms with Crippen LogP contribution in [-0.2, 0) is 4.79 Å². The molecule has 0 radical (unpaired) electrons. The number of hydrogen-bond acceptors (Lipinski definition) is 2. The molecule has 0 aromatic heterocycles. The second kappa shape index (κ2) is 5.97. The Balaban J connectivity index is 1.75. The fourth-order valence-corrected chi connectivity index (χ4v) is 1.54. The molecule has 0 atom stereocenters. The summed E-state index contributed by atoms with van der Waals surface area (Å²) in [7, 11) is 0. The predicted molar refractivity (Wildman–Crippen MR) is 53.5 cm³/mol. The average molecular weight is 184 g/mol. The van der Waals surface area contributed by atoms with Gasteiger partial charge in [0, 0.05) is 20.0 Å². The Kier molecular flexibility index (Phi) is 4.83. The topological polar surface area (TPSA) is 41.1 Å². The van der Waals surface area contributed by atoms with Crippen LogP contribution in [0.5, 0.6) is 0 Å². The number of carbonyl (C=O) groups is 1. The second-order valence-electron chi connectivity index (χ2n) is 3.82. The summed E-state index contributed by atoms with van der Waals surface area (Å²) in [6.07, 6.45) is 5.58. The molecule has 0 aromatic rings. The number of nitrogens with one attached hydrogen (secondary N) is 2. The highest BCUT2D eigenvalue weighted by Gasteiger charge is 2.15. The van der Waals surface area contributed by atoms with Gasteiger partial charge in [-0.05, 0) is 18.9 Å². The summed E-state index contributed by atoms with van der Waals surface area (Å²) in [5, 5.41) is 6.09. The highest BCUT2D eigenvalue weighted by molar-refractivity contribution is 5.72. The minimum Gasteiger partial charge on any atom is -0.355 e. The van der Waals surface area contributed by atoms with Crippen molar-refractivity contribution >= 4 is 5.91 Å². The lowest BCUT2D eigenvalue weighted by Crippen LogP contribution is -2.31. The van der Waals surface area contributed by atoms with Gasteiger partial charge in [-0.2, -0.15) is 0 Å². The Morgan fingerprint density at radius 3 is 2.62 bits per heavy atom. The van der Waals surface area contributed by atoms with Gasteiger partial charge >= 0.3 is 0 Å². The van der Waals surface area contributed by atoms with Crippen LogP contribution in [0.3, 0.4) is 0 Å². The monoisotopic (exact) mass is 184 g/mol. The molecule has 0 aromatic carbocycles. The Labute approximate surface area is 80.3 Å². The molecule has 3 heteroatoms.